The fourth-order valence-corrected chi connectivity index (χ4v) is 1.22. The molecule has 0 amide bonds. The Morgan fingerprint density at radius 3 is 2.73 bits per heavy atom. The molecular formula is C9H13NO. The Balaban J connectivity index is 2.37. The highest BCUT2D eigenvalue weighted by molar-refractivity contribution is 5.91. The van der Waals surface area contributed by atoms with E-state index < -0.39 is 0 Å². The standard InChI is InChI=1S/C9H13NO/c1-3-4-5-8(11)9(10-2)6-7-9/h1,10H,4-7H2,2H3. The van der Waals surface area contributed by atoms with Crippen LogP contribution < -0.4 is 5.32 Å². The largest absolute Gasteiger partial charge is 0.308 e. The average molecular weight is 151 g/mol. The molecule has 1 aliphatic carbocycles. The summed E-state index contributed by atoms with van der Waals surface area (Å²) < 4.78 is 0. The SMILES string of the molecule is C#CCCC(=O)C1(NC)CC1. The summed E-state index contributed by atoms with van der Waals surface area (Å²) in [5.41, 5.74) is -0.184. The van der Waals surface area contributed by atoms with Crippen LogP contribution >= 0.6 is 0 Å². The average Bonchev–Trinajstić information content (AvgIpc) is 2.80. The number of carbonyl (C=O) groups excluding carboxylic acids is 1. The summed E-state index contributed by atoms with van der Waals surface area (Å²) in [7, 11) is 1.83. The second-order valence-electron chi connectivity index (χ2n) is 2.96. The normalized spacial score (nSPS) is 18.9. The van der Waals surface area contributed by atoms with Crippen LogP contribution in [-0.2, 0) is 4.79 Å². The first kappa shape index (κ1) is 8.29. The fourth-order valence-electron chi connectivity index (χ4n) is 1.22. The van der Waals surface area contributed by atoms with Crippen molar-refractivity contribution in [3.05, 3.63) is 0 Å². The van der Waals surface area contributed by atoms with E-state index in [9.17, 15) is 4.79 Å². The Morgan fingerprint density at radius 1 is 1.73 bits per heavy atom. The summed E-state index contributed by atoms with van der Waals surface area (Å²) >= 11 is 0. The highest BCUT2D eigenvalue weighted by Gasteiger charge is 2.47. The number of hydrogen-bond donors (Lipinski definition) is 1. The highest BCUT2D eigenvalue weighted by atomic mass is 16.1. The van der Waals surface area contributed by atoms with Gasteiger partial charge in [-0.05, 0) is 19.9 Å². The van der Waals surface area contributed by atoms with Crippen LogP contribution in [0.5, 0.6) is 0 Å². The predicted octanol–water partition coefficient (Wildman–Crippen LogP) is 0.721. The van der Waals surface area contributed by atoms with Crippen LogP contribution in [0.4, 0.5) is 0 Å². The van der Waals surface area contributed by atoms with Crippen molar-refractivity contribution in [2.75, 3.05) is 7.05 Å². The van der Waals surface area contributed by atoms with Gasteiger partial charge in [-0.25, -0.2) is 0 Å². The summed E-state index contributed by atoms with van der Waals surface area (Å²) in [5.74, 6) is 2.75. The number of hydrogen-bond acceptors (Lipinski definition) is 2. The third-order valence-electron chi connectivity index (χ3n) is 2.26. The minimum atomic E-state index is -0.184. The first-order valence-corrected chi connectivity index (χ1v) is 3.91. The highest BCUT2D eigenvalue weighted by Crippen LogP contribution is 2.36. The number of ketones is 1. The molecule has 2 nitrogen and oxygen atoms in total. The molecule has 0 aromatic rings. The maximum absolute atomic E-state index is 11.4. The van der Waals surface area contributed by atoms with Gasteiger partial charge in [0.15, 0.2) is 5.78 Å². The number of rotatable bonds is 4. The summed E-state index contributed by atoms with van der Waals surface area (Å²) in [4.78, 5) is 11.4. The summed E-state index contributed by atoms with van der Waals surface area (Å²) in [5, 5.41) is 3.04. The zero-order valence-electron chi connectivity index (χ0n) is 6.81. The lowest BCUT2D eigenvalue weighted by Crippen LogP contribution is -2.36. The molecule has 0 aliphatic heterocycles. The molecule has 0 heterocycles. The smallest absolute Gasteiger partial charge is 0.153 e. The van der Waals surface area contributed by atoms with Crippen LogP contribution in [0.3, 0.4) is 0 Å². The Hall–Kier alpha value is -0.810. The van der Waals surface area contributed by atoms with E-state index in [4.69, 9.17) is 6.42 Å². The van der Waals surface area contributed by atoms with Crippen LogP contribution in [0.25, 0.3) is 0 Å². The molecule has 0 radical (unpaired) electrons. The molecule has 11 heavy (non-hydrogen) atoms. The van der Waals surface area contributed by atoms with E-state index >= 15 is 0 Å². The van der Waals surface area contributed by atoms with Gasteiger partial charge in [-0.1, -0.05) is 0 Å². The molecule has 0 aromatic carbocycles. The van der Waals surface area contributed by atoms with Crippen molar-refractivity contribution < 1.29 is 4.79 Å². The molecule has 0 saturated heterocycles. The lowest BCUT2D eigenvalue weighted by molar-refractivity contribution is -0.121. The van der Waals surface area contributed by atoms with Crippen LogP contribution in [0, 0.1) is 12.3 Å². The van der Waals surface area contributed by atoms with Gasteiger partial charge in [0, 0.05) is 12.8 Å². The van der Waals surface area contributed by atoms with Crippen molar-refractivity contribution >= 4 is 5.78 Å². The fraction of sp³-hybridized carbons (Fsp3) is 0.667. The molecule has 0 spiro atoms. The van der Waals surface area contributed by atoms with Crippen molar-refractivity contribution in [2.24, 2.45) is 0 Å². The third-order valence-corrected chi connectivity index (χ3v) is 2.26. The van der Waals surface area contributed by atoms with Crippen molar-refractivity contribution in [2.45, 2.75) is 31.2 Å². The maximum Gasteiger partial charge on any atom is 0.153 e. The summed E-state index contributed by atoms with van der Waals surface area (Å²) in [6.45, 7) is 0. The molecule has 1 N–H and O–H groups in total. The lowest BCUT2D eigenvalue weighted by Gasteiger charge is -2.10. The molecule has 2 heteroatoms. The Kier molecular flexibility index (Phi) is 2.31. The lowest BCUT2D eigenvalue weighted by atomic mass is 10.1. The minimum absolute atomic E-state index is 0.184. The molecule has 1 rings (SSSR count). The number of terminal acetylenes is 1. The maximum atomic E-state index is 11.4. The Labute approximate surface area is 67.4 Å². The molecule has 0 unspecified atom stereocenters. The number of carbonyl (C=O) groups is 1. The van der Waals surface area contributed by atoms with Crippen LogP contribution in [0.2, 0.25) is 0 Å². The summed E-state index contributed by atoms with van der Waals surface area (Å²) in [6, 6.07) is 0. The second-order valence-corrected chi connectivity index (χ2v) is 2.96. The Morgan fingerprint density at radius 2 is 2.36 bits per heavy atom. The Bertz CT molecular complexity index is 198. The predicted molar refractivity (Wildman–Crippen MR) is 44.1 cm³/mol. The van der Waals surface area contributed by atoms with Gasteiger partial charge in [0.1, 0.15) is 0 Å². The topological polar surface area (TPSA) is 29.1 Å². The molecule has 0 aromatic heterocycles. The van der Waals surface area contributed by atoms with E-state index in [1.54, 1.807) is 0 Å². The van der Waals surface area contributed by atoms with Gasteiger partial charge in [-0.3, -0.25) is 4.79 Å². The number of Topliss-reactive ketones (excluding diaryl/α,β-unsaturated/α-hetero) is 1. The van der Waals surface area contributed by atoms with E-state index in [-0.39, 0.29) is 11.3 Å². The zero-order valence-corrected chi connectivity index (χ0v) is 6.81. The van der Waals surface area contributed by atoms with Gasteiger partial charge in [0.25, 0.3) is 0 Å². The van der Waals surface area contributed by atoms with E-state index in [2.05, 4.69) is 11.2 Å². The molecule has 1 fully saturated rings. The van der Waals surface area contributed by atoms with E-state index in [0.717, 1.165) is 12.8 Å². The van der Waals surface area contributed by atoms with Crippen LogP contribution in [0.15, 0.2) is 0 Å². The van der Waals surface area contributed by atoms with Crippen molar-refractivity contribution in [3.8, 4) is 12.3 Å². The van der Waals surface area contributed by atoms with Gasteiger partial charge in [-0.2, -0.15) is 0 Å². The minimum Gasteiger partial charge on any atom is -0.308 e. The van der Waals surface area contributed by atoms with Crippen molar-refractivity contribution in [3.63, 3.8) is 0 Å². The first-order chi connectivity index (χ1) is 5.25. The van der Waals surface area contributed by atoms with Crippen molar-refractivity contribution in [1.82, 2.24) is 5.32 Å². The zero-order chi connectivity index (χ0) is 8.32. The van der Waals surface area contributed by atoms with Gasteiger partial charge in [0.2, 0.25) is 0 Å². The third kappa shape index (κ3) is 1.61. The van der Waals surface area contributed by atoms with Crippen molar-refractivity contribution in [1.29, 1.82) is 0 Å². The van der Waals surface area contributed by atoms with E-state index in [1.807, 2.05) is 7.05 Å². The molecule has 60 valence electrons. The van der Waals surface area contributed by atoms with E-state index in [0.29, 0.717) is 12.8 Å². The second kappa shape index (κ2) is 3.06. The molecular weight excluding hydrogens is 138 g/mol. The van der Waals surface area contributed by atoms with Gasteiger partial charge >= 0.3 is 0 Å². The van der Waals surface area contributed by atoms with Crippen LogP contribution in [0.1, 0.15) is 25.7 Å². The number of nitrogens with one attached hydrogen (secondary N) is 1. The van der Waals surface area contributed by atoms with Gasteiger partial charge in [0.05, 0.1) is 5.54 Å². The quantitative estimate of drug-likeness (QED) is 0.600. The van der Waals surface area contributed by atoms with Crippen LogP contribution in [-0.4, -0.2) is 18.4 Å². The number of likely N-dealkylation sites (N-methyl/N-ethyl adjacent to an activating group) is 1. The van der Waals surface area contributed by atoms with Gasteiger partial charge in [-0.15, -0.1) is 12.3 Å². The monoisotopic (exact) mass is 151 g/mol. The summed E-state index contributed by atoms with van der Waals surface area (Å²) in [6.07, 6.45) is 8.11. The molecule has 1 aliphatic rings. The first-order valence-electron chi connectivity index (χ1n) is 3.91. The molecule has 0 bridgehead atoms. The van der Waals surface area contributed by atoms with Gasteiger partial charge < -0.3 is 5.32 Å². The molecule has 1 saturated carbocycles. The molecule has 0 atom stereocenters. The van der Waals surface area contributed by atoms with E-state index in [1.165, 1.54) is 0 Å².